The molecule has 0 unspecified atom stereocenters. The van der Waals surface area contributed by atoms with Gasteiger partial charge in [-0.1, -0.05) is 0 Å². The maximum atomic E-state index is 11.9. The maximum Gasteiger partial charge on any atom is 0.410 e. The summed E-state index contributed by atoms with van der Waals surface area (Å²) in [7, 11) is 1.34. The summed E-state index contributed by atoms with van der Waals surface area (Å²) in [6, 6.07) is 0.171. The number of piperidine rings is 1. The van der Waals surface area contributed by atoms with E-state index >= 15 is 0 Å². The Morgan fingerprint density at radius 1 is 1.45 bits per heavy atom. The molecule has 0 spiro atoms. The van der Waals surface area contributed by atoms with Gasteiger partial charge in [0.25, 0.3) is 0 Å². The molecule has 22 heavy (non-hydrogen) atoms. The quantitative estimate of drug-likeness (QED) is 0.604. The minimum atomic E-state index is -0.348. The third-order valence-corrected chi connectivity index (χ3v) is 4.53. The summed E-state index contributed by atoms with van der Waals surface area (Å²) in [4.78, 5) is 26.9. The number of likely N-dealkylation sites (tertiary alicyclic amines) is 1. The third kappa shape index (κ3) is 3.60. The smallest absolute Gasteiger partial charge is 0.410 e. The second-order valence-electron chi connectivity index (χ2n) is 6.19. The van der Waals surface area contributed by atoms with Gasteiger partial charge in [-0.25, -0.2) is 4.79 Å². The normalized spacial score (nSPS) is 21.5. The van der Waals surface area contributed by atoms with E-state index in [1.807, 2.05) is 23.6 Å². The molecule has 2 rings (SSSR count). The number of methoxy groups -OCH3 is 1. The Morgan fingerprint density at radius 3 is 2.59 bits per heavy atom. The van der Waals surface area contributed by atoms with Crippen molar-refractivity contribution < 1.29 is 19.1 Å². The van der Waals surface area contributed by atoms with Crippen molar-refractivity contribution in [1.82, 2.24) is 15.1 Å². The Morgan fingerprint density at radius 2 is 2.09 bits per heavy atom. The monoisotopic (exact) mass is 329 g/mol. The first-order chi connectivity index (χ1) is 10.3. The number of nitrogens with zero attached hydrogens (tertiary/aromatic N) is 2. The molecule has 0 aliphatic carbocycles. The van der Waals surface area contributed by atoms with Crippen LogP contribution in [0.5, 0.6) is 0 Å². The van der Waals surface area contributed by atoms with Gasteiger partial charge in [0.05, 0.1) is 12.6 Å². The highest BCUT2D eigenvalue weighted by atomic mass is 32.1. The lowest BCUT2D eigenvalue weighted by Crippen LogP contribution is -2.54. The zero-order valence-electron chi connectivity index (χ0n) is 13.3. The summed E-state index contributed by atoms with van der Waals surface area (Å²) < 4.78 is 9.74. The van der Waals surface area contributed by atoms with Crippen LogP contribution in [0.1, 0.15) is 26.7 Å². The number of carbonyl (C=O) groups is 2. The lowest BCUT2D eigenvalue weighted by Gasteiger charge is -2.41. The third-order valence-electron chi connectivity index (χ3n) is 4.13. The van der Waals surface area contributed by atoms with Crippen LogP contribution in [-0.4, -0.2) is 71.9 Å². The van der Waals surface area contributed by atoms with E-state index in [1.165, 1.54) is 7.11 Å². The lowest BCUT2D eigenvalue weighted by molar-refractivity contribution is -0.139. The van der Waals surface area contributed by atoms with Gasteiger partial charge in [-0.15, -0.1) is 0 Å². The number of esters is 1. The molecule has 8 heteroatoms. The van der Waals surface area contributed by atoms with E-state index in [0.717, 1.165) is 25.9 Å². The van der Waals surface area contributed by atoms with Gasteiger partial charge in [0.15, 0.2) is 5.11 Å². The molecule has 0 radical (unpaired) electrons. The van der Waals surface area contributed by atoms with E-state index in [1.54, 1.807) is 0 Å². The molecule has 0 aromatic rings. The fraction of sp³-hybridized carbons (Fsp3) is 0.786. The molecular formula is C14H23N3O4S. The number of thiocarbonyl (C=S) groups is 1. The maximum absolute atomic E-state index is 11.9. The molecule has 0 aromatic heterocycles. The van der Waals surface area contributed by atoms with Crippen LogP contribution >= 0.6 is 12.2 Å². The molecule has 7 nitrogen and oxygen atoms in total. The highest BCUT2D eigenvalue weighted by Crippen LogP contribution is 2.30. The fourth-order valence-electron chi connectivity index (χ4n) is 2.93. The van der Waals surface area contributed by atoms with Gasteiger partial charge >= 0.3 is 12.1 Å². The topological polar surface area (TPSA) is 71.1 Å². The van der Waals surface area contributed by atoms with Crippen molar-refractivity contribution in [2.24, 2.45) is 0 Å². The van der Waals surface area contributed by atoms with Crippen LogP contribution in [-0.2, 0) is 14.3 Å². The number of rotatable bonds is 3. The molecule has 2 aliphatic heterocycles. The number of nitrogens with one attached hydrogen (secondary N) is 1. The second-order valence-corrected chi connectivity index (χ2v) is 6.58. The fourth-order valence-corrected chi connectivity index (χ4v) is 3.18. The SMILES string of the molecule is COC(=O)CNC(=S)N1CCC(N2C(=O)OCC2(C)C)CC1. The predicted octanol–water partition coefficient (Wildman–Crippen LogP) is 0.729. The van der Waals surface area contributed by atoms with Gasteiger partial charge in [-0.05, 0) is 38.9 Å². The Labute approximate surface area is 135 Å². The number of carbonyl (C=O) groups excluding carboxylic acids is 2. The number of amides is 1. The van der Waals surface area contributed by atoms with Gasteiger partial charge in [-0.3, -0.25) is 9.69 Å². The highest BCUT2D eigenvalue weighted by Gasteiger charge is 2.44. The Kier molecular flexibility index (Phi) is 5.10. The average Bonchev–Trinajstić information content (AvgIpc) is 2.78. The van der Waals surface area contributed by atoms with Crippen LogP contribution in [0.25, 0.3) is 0 Å². The molecule has 2 heterocycles. The summed E-state index contributed by atoms with van der Waals surface area (Å²) in [5, 5.41) is 3.44. The Bertz CT molecular complexity index is 461. The summed E-state index contributed by atoms with van der Waals surface area (Å²) >= 11 is 5.28. The van der Waals surface area contributed by atoms with Gasteiger partial charge in [0.1, 0.15) is 13.2 Å². The summed E-state index contributed by atoms with van der Waals surface area (Å²) in [5.41, 5.74) is -0.256. The molecule has 124 valence electrons. The van der Waals surface area contributed by atoms with Crippen molar-refractivity contribution in [3.63, 3.8) is 0 Å². The molecule has 1 N–H and O–H groups in total. The zero-order valence-corrected chi connectivity index (χ0v) is 14.1. The van der Waals surface area contributed by atoms with E-state index in [4.69, 9.17) is 17.0 Å². The van der Waals surface area contributed by atoms with Crippen LogP contribution in [0.2, 0.25) is 0 Å². The molecule has 0 saturated carbocycles. The van der Waals surface area contributed by atoms with Crippen molar-refractivity contribution in [2.75, 3.05) is 33.4 Å². The van der Waals surface area contributed by atoms with Gasteiger partial charge < -0.3 is 19.7 Å². The van der Waals surface area contributed by atoms with E-state index in [9.17, 15) is 9.59 Å². The number of hydrogen-bond donors (Lipinski definition) is 1. The highest BCUT2D eigenvalue weighted by molar-refractivity contribution is 7.80. The summed E-state index contributed by atoms with van der Waals surface area (Å²) in [5.74, 6) is -0.348. The van der Waals surface area contributed by atoms with Crippen LogP contribution < -0.4 is 5.32 Å². The standard InChI is InChI=1S/C14H23N3O4S/c1-14(2)9-21-13(19)17(14)10-4-6-16(7-5-10)12(22)15-8-11(18)20-3/h10H,4-9H2,1-3H3,(H,15,22). The lowest BCUT2D eigenvalue weighted by atomic mass is 9.97. The first-order valence-electron chi connectivity index (χ1n) is 7.41. The summed E-state index contributed by atoms with van der Waals surface area (Å²) in [6.45, 7) is 6.04. The molecule has 2 saturated heterocycles. The van der Waals surface area contributed by atoms with Gasteiger partial charge in [-0.2, -0.15) is 0 Å². The van der Waals surface area contributed by atoms with Crippen molar-refractivity contribution in [2.45, 2.75) is 38.3 Å². The van der Waals surface area contributed by atoms with Crippen LogP contribution in [0, 0.1) is 0 Å². The number of hydrogen-bond acceptors (Lipinski definition) is 5. The van der Waals surface area contributed by atoms with Crippen molar-refractivity contribution in [3.8, 4) is 0 Å². The predicted molar refractivity (Wildman–Crippen MR) is 84.5 cm³/mol. The molecule has 0 bridgehead atoms. The van der Waals surface area contributed by atoms with Crippen molar-refractivity contribution >= 4 is 29.4 Å². The Balaban J connectivity index is 1.84. The molecule has 2 aliphatic rings. The Hall–Kier alpha value is -1.57. The second kappa shape index (κ2) is 6.68. The van der Waals surface area contributed by atoms with Gasteiger partial charge in [0.2, 0.25) is 0 Å². The molecular weight excluding hydrogens is 306 g/mol. The molecule has 0 aromatic carbocycles. The largest absolute Gasteiger partial charge is 0.468 e. The van der Waals surface area contributed by atoms with Gasteiger partial charge in [0, 0.05) is 19.1 Å². The molecule has 2 fully saturated rings. The van der Waals surface area contributed by atoms with Crippen LogP contribution in [0.4, 0.5) is 4.79 Å². The van der Waals surface area contributed by atoms with Crippen molar-refractivity contribution in [3.05, 3.63) is 0 Å². The van der Waals surface area contributed by atoms with E-state index in [-0.39, 0.29) is 30.2 Å². The first-order valence-corrected chi connectivity index (χ1v) is 7.81. The van der Waals surface area contributed by atoms with E-state index < -0.39 is 0 Å². The summed E-state index contributed by atoms with van der Waals surface area (Å²) in [6.07, 6.45) is 1.44. The number of cyclic esters (lactones) is 1. The first kappa shape index (κ1) is 16.8. The minimum Gasteiger partial charge on any atom is -0.468 e. The minimum absolute atomic E-state index is 0.0702. The molecule has 0 atom stereocenters. The van der Waals surface area contributed by atoms with Crippen molar-refractivity contribution in [1.29, 1.82) is 0 Å². The average molecular weight is 329 g/mol. The number of ether oxygens (including phenoxy) is 2. The van der Waals surface area contributed by atoms with Crippen LogP contribution in [0.3, 0.4) is 0 Å². The van der Waals surface area contributed by atoms with E-state index in [2.05, 4.69) is 10.1 Å². The molecule has 1 amide bonds. The van der Waals surface area contributed by atoms with Crippen LogP contribution in [0.15, 0.2) is 0 Å². The van der Waals surface area contributed by atoms with E-state index in [0.29, 0.717) is 11.7 Å². The zero-order chi connectivity index (χ0) is 16.3.